The fourth-order valence-electron chi connectivity index (χ4n) is 5.25. The van der Waals surface area contributed by atoms with Gasteiger partial charge in [0.1, 0.15) is 0 Å². The fourth-order valence-corrected chi connectivity index (χ4v) is 6.92. The Bertz CT molecular complexity index is 2090. The largest absolute Gasteiger partial charge is 0.305 e. The average molecular weight is 713 g/mol. The number of fused-ring (bicyclic) bond motifs is 6. The standard InChI is InChI=1S/C23H12NO2S.C11H8N.Ir/c25-27(26)20-8-4-3-7-18(20)23-22-17(11-12-24-23)16-10-9-14-5-1-2-6-15(14)19(16)13-21(22)27;1-2-6-10(7-3-1)11-8-4-5-9-12-11;/h1-6,8-13H;1-6,8-9H;/q2*-1;. The molecule has 1 aliphatic heterocycles. The maximum Gasteiger partial charge on any atom is 0.172 e. The summed E-state index contributed by atoms with van der Waals surface area (Å²) in [5.74, 6) is 0. The molecule has 195 valence electrons. The van der Waals surface area contributed by atoms with E-state index in [1.165, 1.54) is 0 Å². The summed E-state index contributed by atoms with van der Waals surface area (Å²) in [7, 11) is -3.64. The molecule has 0 spiro atoms. The van der Waals surface area contributed by atoms with E-state index in [1.54, 1.807) is 30.6 Å². The minimum absolute atomic E-state index is 0. The van der Waals surface area contributed by atoms with Gasteiger partial charge in [-0.25, -0.2) is 8.42 Å². The summed E-state index contributed by atoms with van der Waals surface area (Å²) in [5, 5.41) is 5.71. The second kappa shape index (κ2) is 10.4. The molecule has 4 nitrogen and oxygen atoms in total. The van der Waals surface area contributed by atoms with E-state index < -0.39 is 9.84 Å². The summed E-state index contributed by atoms with van der Waals surface area (Å²) in [6.45, 7) is 0. The number of aromatic nitrogens is 2. The Labute approximate surface area is 245 Å². The van der Waals surface area contributed by atoms with E-state index in [0.717, 1.165) is 38.2 Å². The maximum absolute atomic E-state index is 13.4. The zero-order valence-electron chi connectivity index (χ0n) is 21.0. The van der Waals surface area contributed by atoms with Crippen LogP contribution in [0.2, 0.25) is 0 Å². The monoisotopic (exact) mass is 713 g/mol. The van der Waals surface area contributed by atoms with Crippen LogP contribution in [0.15, 0.2) is 131 Å². The molecule has 6 heteroatoms. The number of sulfone groups is 1. The van der Waals surface area contributed by atoms with Crippen LogP contribution in [0.25, 0.3) is 54.8 Å². The smallest absolute Gasteiger partial charge is 0.172 e. The summed E-state index contributed by atoms with van der Waals surface area (Å²) < 4.78 is 26.8. The minimum atomic E-state index is -3.64. The minimum Gasteiger partial charge on any atom is -0.305 e. The van der Waals surface area contributed by atoms with Gasteiger partial charge in [0.25, 0.3) is 0 Å². The van der Waals surface area contributed by atoms with E-state index >= 15 is 0 Å². The quantitative estimate of drug-likeness (QED) is 0.129. The third-order valence-corrected chi connectivity index (χ3v) is 8.84. The molecule has 0 unspecified atom stereocenters. The van der Waals surface area contributed by atoms with Crippen molar-refractivity contribution in [1.82, 2.24) is 9.97 Å². The first-order chi connectivity index (χ1) is 19.1. The van der Waals surface area contributed by atoms with Gasteiger partial charge in [0.05, 0.1) is 4.90 Å². The van der Waals surface area contributed by atoms with Crippen molar-refractivity contribution in [3.63, 3.8) is 0 Å². The SMILES string of the molecule is O=S1(=O)c2ccc[c-]c2-c2nccc3c2c1cc1c2ccccc2ccc31.[Ir].[c-]1ccccc1-c1ccccn1. The van der Waals surface area contributed by atoms with Gasteiger partial charge in [-0.05, 0) is 66.8 Å². The second-order valence-corrected chi connectivity index (χ2v) is 11.1. The third-order valence-electron chi connectivity index (χ3n) is 7.02. The van der Waals surface area contributed by atoms with Crippen molar-refractivity contribution in [2.75, 3.05) is 0 Å². The Morgan fingerprint density at radius 2 is 1.43 bits per heavy atom. The number of benzene rings is 5. The molecule has 0 saturated carbocycles. The van der Waals surface area contributed by atoms with Crippen molar-refractivity contribution in [3.8, 4) is 22.5 Å². The van der Waals surface area contributed by atoms with Crippen molar-refractivity contribution >= 4 is 42.2 Å². The molecule has 0 amide bonds. The zero-order valence-corrected chi connectivity index (χ0v) is 24.2. The van der Waals surface area contributed by atoms with Gasteiger partial charge in [-0.3, -0.25) is 0 Å². The topological polar surface area (TPSA) is 59.9 Å². The summed E-state index contributed by atoms with van der Waals surface area (Å²) in [6.07, 6.45) is 3.54. The number of nitrogens with zero attached hydrogens (tertiary/aromatic N) is 2. The van der Waals surface area contributed by atoms with Gasteiger partial charge in [-0.15, -0.1) is 65.7 Å². The maximum atomic E-state index is 13.4. The van der Waals surface area contributed by atoms with Gasteiger partial charge in [-0.2, -0.15) is 0 Å². The fraction of sp³-hybridized carbons (Fsp3) is 0. The van der Waals surface area contributed by atoms with Crippen molar-refractivity contribution in [1.29, 1.82) is 0 Å². The predicted molar refractivity (Wildman–Crippen MR) is 155 cm³/mol. The summed E-state index contributed by atoms with van der Waals surface area (Å²) in [5.41, 5.74) is 3.25. The molecule has 7 aromatic rings. The van der Waals surface area contributed by atoms with Gasteiger partial charge in [-0.1, -0.05) is 48.5 Å². The first-order valence-corrected chi connectivity index (χ1v) is 14.0. The van der Waals surface area contributed by atoms with E-state index in [0.29, 0.717) is 21.5 Å². The van der Waals surface area contributed by atoms with Gasteiger partial charge >= 0.3 is 0 Å². The molecule has 0 saturated heterocycles. The van der Waals surface area contributed by atoms with E-state index in [2.05, 4.69) is 34.2 Å². The molecule has 1 aliphatic rings. The predicted octanol–water partition coefficient (Wildman–Crippen LogP) is 7.70. The molecule has 0 fully saturated rings. The first-order valence-electron chi connectivity index (χ1n) is 12.5. The molecule has 2 aromatic heterocycles. The summed E-state index contributed by atoms with van der Waals surface area (Å²) >= 11 is 0. The molecule has 0 atom stereocenters. The second-order valence-electron chi connectivity index (χ2n) is 9.24. The number of pyridine rings is 2. The van der Waals surface area contributed by atoms with Crippen LogP contribution in [-0.2, 0) is 29.9 Å². The van der Waals surface area contributed by atoms with E-state index in [1.807, 2.05) is 78.9 Å². The van der Waals surface area contributed by atoms with Crippen LogP contribution < -0.4 is 0 Å². The van der Waals surface area contributed by atoms with Crippen molar-refractivity contribution in [2.45, 2.75) is 9.79 Å². The average Bonchev–Trinajstić information content (AvgIpc) is 3.01. The molecular weight excluding hydrogens is 693 g/mol. The number of rotatable bonds is 1. The Kier molecular flexibility index (Phi) is 6.77. The summed E-state index contributed by atoms with van der Waals surface area (Å²) in [6, 6.07) is 40.9. The van der Waals surface area contributed by atoms with Crippen LogP contribution >= 0.6 is 0 Å². The normalized spacial score (nSPS) is 12.7. The third kappa shape index (κ3) is 4.22. The van der Waals surface area contributed by atoms with Gasteiger partial charge < -0.3 is 9.97 Å². The van der Waals surface area contributed by atoms with Crippen molar-refractivity contribution in [2.24, 2.45) is 0 Å². The van der Waals surface area contributed by atoms with E-state index in [9.17, 15) is 8.42 Å². The van der Waals surface area contributed by atoms with Crippen LogP contribution in [0.5, 0.6) is 0 Å². The molecule has 1 radical (unpaired) electrons. The van der Waals surface area contributed by atoms with Gasteiger partial charge in [0.2, 0.25) is 0 Å². The van der Waals surface area contributed by atoms with Crippen LogP contribution in [0, 0.1) is 12.1 Å². The number of hydrogen-bond acceptors (Lipinski definition) is 4. The van der Waals surface area contributed by atoms with Crippen LogP contribution in [0.4, 0.5) is 0 Å². The van der Waals surface area contributed by atoms with Crippen LogP contribution in [-0.4, -0.2) is 18.4 Å². The molecule has 40 heavy (non-hydrogen) atoms. The Morgan fingerprint density at radius 3 is 2.25 bits per heavy atom. The van der Waals surface area contributed by atoms with Gasteiger partial charge in [0.15, 0.2) is 9.84 Å². The van der Waals surface area contributed by atoms with Crippen molar-refractivity contribution in [3.05, 3.63) is 134 Å². The van der Waals surface area contributed by atoms with Gasteiger partial charge in [0, 0.05) is 32.5 Å². The van der Waals surface area contributed by atoms with E-state index in [-0.39, 0.29) is 25.0 Å². The Hall–Kier alpha value is -4.22. The van der Waals surface area contributed by atoms with Crippen LogP contribution in [0.3, 0.4) is 0 Å². The first kappa shape index (κ1) is 26.0. The number of hydrogen-bond donors (Lipinski definition) is 0. The van der Waals surface area contributed by atoms with Crippen LogP contribution in [0.1, 0.15) is 0 Å². The molecule has 3 heterocycles. The zero-order chi connectivity index (χ0) is 26.4. The molecule has 5 aromatic carbocycles. The Morgan fingerprint density at radius 1 is 0.600 bits per heavy atom. The van der Waals surface area contributed by atoms with E-state index in [4.69, 9.17) is 0 Å². The molecule has 0 bridgehead atoms. The van der Waals surface area contributed by atoms with Crippen molar-refractivity contribution < 1.29 is 28.5 Å². The summed E-state index contributed by atoms with van der Waals surface area (Å²) in [4.78, 5) is 9.34. The molecule has 0 N–H and O–H groups in total. The molecule has 0 aliphatic carbocycles. The molecule has 8 rings (SSSR count). The Balaban J connectivity index is 0.000000188. The molecular formula is C34H20IrN2O2S-2.